The number of nitrogens with one attached hydrogen (secondary N) is 1. The minimum absolute atomic E-state index is 0.0853. The first kappa shape index (κ1) is 11.8. The first-order valence-electron chi connectivity index (χ1n) is 6.15. The van der Waals surface area contributed by atoms with Gasteiger partial charge in [-0.25, -0.2) is 4.98 Å². The molecule has 0 saturated carbocycles. The van der Waals surface area contributed by atoms with Crippen molar-refractivity contribution in [1.29, 1.82) is 0 Å². The van der Waals surface area contributed by atoms with Gasteiger partial charge in [0.2, 0.25) is 5.89 Å². The van der Waals surface area contributed by atoms with Crippen molar-refractivity contribution in [3.63, 3.8) is 0 Å². The predicted molar refractivity (Wildman–Crippen MR) is 74.7 cm³/mol. The van der Waals surface area contributed by atoms with E-state index in [1.165, 1.54) is 5.56 Å². The van der Waals surface area contributed by atoms with E-state index in [0.29, 0.717) is 17.3 Å². The Morgan fingerprint density at radius 1 is 1.26 bits per heavy atom. The molecule has 0 spiro atoms. The number of aromatic nitrogens is 3. The van der Waals surface area contributed by atoms with Gasteiger partial charge < -0.3 is 10.2 Å². The fraction of sp³-hybridized carbons (Fsp3) is 0.286. The maximum Gasteiger partial charge on any atom is 0.232 e. The number of H-pyrrole nitrogens is 1. The second-order valence-electron chi connectivity index (χ2n) is 5.65. The Labute approximate surface area is 110 Å². The summed E-state index contributed by atoms with van der Waals surface area (Å²) < 4.78 is 5.71. The SMILES string of the molecule is CC(C)(C)c1ccc2oc(-c3cn[nH]c3N)nc2c1. The van der Waals surface area contributed by atoms with Gasteiger partial charge in [-0.05, 0) is 23.1 Å². The lowest BCUT2D eigenvalue weighted by Gasteiger charge is -2.18. The van der Waals surface area contributed by atoms with E-state index in [2.05, 4.69) is 48.1 Å². The van der Waals surface area contributed by atoms with Crippen molar-refractivity contribution in [2.45, 2.75) is 26.2 Å². The van der Waals surface area contributed by atoms with Gasteiger partial charge >= 0.3 is 0 Å². The summed E-state index contributed by atoms with van der Waals surface area (Å²) in [4.78, 5) is 4.48. The van der Waals surface area contributed by atoms with Gasteiger partial charge in [-0.2, -0.15) is 5.10 Å². The molecule has 2 heterocycles. The fourth-order valence-electron chi connectivity index (χ4n) is 1.98. The average molecular weight is 256 g/mol. The fourth-order valence-corrected chi connectivity index (χ4v) is 1.98. The third-order valence-electron chi connectivity index (χ3n) is 3.15. The molecule has 19 heavy (non-hydrogen) atoms. The Kier molecular flexibility index (Phi) is 2.38. The highest BCUT2D eigenvalue weighted by Crippen LogP contribution is 2.30. The molecular weight excluding hydrogens is 240 g/mol. The van der Waals surface area contributed by atoms with Gasteiger partial charge in [0, 0.05) is 0 Å². The van der Waals surface area contributed by atoms with Crippen LogP contribution in [0.3, 0.4) is 0 Å². The molecule has 0 atom stereocenters. The third kappa shape index (κ3) is 1.97. The predicted octanol–water partition coefficient (Wildman–Crippen LogP) is 3.10. The topological polar surface area (TPSA) is 80.7 Å². The number of nitrogen functional groups attached to an aromatic ring is 1. The molecule has 5 nitrogen and oxygen atoms in total. The van der Waals surface area contributed by atoms with Crippen LogP contribution >= 0.6 is 0 Å². The van der Waals surface area contributed by atoms with Crippen LogP contribution in [0.15, 0.2) is 28.8 Å². The number of rotatable bonds is 1. The van der Waals surface area contributed by atoms with Gasteiger partial charge in [-0.3, -0.25) is 5.10 Å². The Hall–Kier alpha value is -2.30. The minimum atomic E-state index is 0.0853. The Morgan fingerprint density at radius 2 is 2.05 bits per heavy atom. The van der Waals surface area contributed by atoms with Crippen molar-refractivity contribution in [3.8, 4) is 11.5 Å². The van der Waals surface area contributed by atoms with Crippen LogP contribution in [-0.2, 0) is 5.41 Å². The van der Waals surface area contributed by atoms with E-state index in [1.54, 1.807) is 6.20 Å². The van der Waals surface area contributed by atoms with Crippen molar-refractivity contribution in [1.82, 2.24) is 15.2 Å². The Balaban J connectivity index is 2.14. The smallest absolute Gasteiger partial charge is 0.232 e. The molecule has 3 rings (SSSR count). The summed E-state index contributed by atoms with van der Waals surface area (Å²) in [7, 11) is 0. The molecule has 2 aromatic heterocycles. The van der Waals surface area contributed by atoms with Crippen molar-refractivity contribution >= 4 is 16.9 Å². The number of nitrogens with zero attached hydrogens (tertiary/aromatic N) is 2. The molecular formula is C14H16N4O. The molecule has 5 heteroatoms. The quantitative estimate of drug-likeness (QED) is 0.701. The molecule has 0 aliphatic carbocycles. The van der Waals surface area contributed by atoms with Crippen LogP contribution in [0.1, 0.15) is 26.3 Å². The zero-order valence-electron chi connectivity index (χ0n) is 11.2. The van der Waals surface area contributed by atoms with Gasteiger partial charge in [0.15, 0.2) is 5.58 Å². The highest BCUT2D eigenvalue weighted by molar-refractivity contribution is 5.79. The number of hydrogen-bond acceptors (Lipinski definition) is 4. The van der Waals surface area contributed by atoms with Crippen LogP contribution in [0, 0.1) is 0 Å². The van der Waals surface area contributed by atoms with Gasteiger partial charge in [-0.15, -0.1) is 0 Å². The first-order chi connectivity index (χ1) is 8.95. The number of hydrogen-bond donors (Lipinski definition) is 2. The number of aromatic amines is 1. The summed E-state index contributed by atoms with van der Waals surface area (Å²) in [5, 5.41) is 6.55. The summed E-state index contributed by atoms with van der Waals surface area (Å²) in [5.74, 6) is 0.954. The summed E-state index contributed by atoms with van der Waals surface area (Å²) in [6.45, 7) is 6.51. The Bertz CT molecular complexity index is 733. The normalized spacial score (nSPS) is 12.2. The van der Waals surface area contributed by atoms with Crippen LogP contribution < -0.4 is 5.73 Å². The number of anilines is 1. The molecule has 0 fully saturated rings. The molecule has 0 saturated heterocycles. The lowest BCUT2D eigenvalue weighted by Crippen LogP contribution is -2.10. The number of benzene rings is 1. The second kappa shape index (κ2) is 3.85. The molecule has 0 aliphatic rings. The molecule has 0 unspecified atom stereocenters. The standard InChI is InChI=1S/C14H16N4O/c1-14(2,3)8-4-5-11-10(6-8)17-13(19-11)9-7-16-18-12(9)15/h4-7H,1-3H3,(H3,15,16,18). The Morgan fingerprint density at radius 3 is 2.68 bits per heavy atom. The molecule has 0 amide bonds. The van der Waals surface area contributed by atoms with E-state index in [0.717, 1.165) is 11.1 Å². The van der Waals surface area contributed by atoms with Crippen molar-refractivity contribution in [2.24, 2.45) is 0 Å². The lowest BCUT2D eigenvalue weighted by atomic mass is 9.87. The highest BCUT2D eigenvalue weighted by Gasteiger charge is 2.17. The van der Waals surface area contributed by atoms with E-state index >= 15 is 0 Å². The highest BCUT2D eigenvalue weighted by atomic mass is 16.3. The molecule has 0 radical (unpaired) electrons. The van der Waals surface area contributed by atoms with E-state index in [4.69, 9.17) is 10.2 Å². The molecule has 98 valence electrons. The maximum absolute atomic E-state index is 5.78. The van der Waals surface area contributed by atoms with Crippen LogP contribution in [0.25, 0.3) is 22.6 Å². The van der Waals surface area contributed by atoms with Crippen molar-refractivity contribution in [2.75, 3.05) is 5.73 Å². The summed E-state index contributed by atoms with van der Waals surface area (Å²) in [6.07, 6.45) is 1.62. The molecule has 0 bridgehead atoms. The second-order valence-corrected chi connectivity index (χ2v) is 5.65. The molecule has 0 aliphatic heterocycles. The van der Waals surface area contributed by atoms with Crippen LogP contribution in [0.4, 0.5) is 5.82 Å². The average Bonchev–Trinajstić information content (AvgIpc) is 2.91. The monoisotopic (exact) mass is 256 g/mol. The van der Waals surface area contributed by atoms with Crippen LogP contribution in [0.5, 0.6) is 0 Å². The zero-order chi connectivity index (χ0) is 13.6. The van der Waals surface area contributed by atoms with Gasteiger partial charge in [0.1, 0.15) is 11.3 Å². The lowest BCUT2D eigenvalue weighted by molar-refractivity contribution is 0.590. The number of nitrogens with two attached hydrogens (primary N) is 1. The van der Waals surface area contributed by atoms with Crippen LogP contribution in [0.2, 0.25) is 0 Å². The van der Waals surface area contributed by atoms with Gasteiger partial charge in [-0.1, -0.05) is 26.8 Å². The van der Waals surface area contributed by atoms with E-state index in [9.17, 15) is 0 Å². The maximum atomic E-state index is 5.78. The first-order valence-corrected chi connectivity index (χ1v) is 6.15. The van der Waals surface area contributed by atoms with Gasteiger partial charge in [0.25, 0.3) is 0 Å². The molecule has 1 aromatic carbocycles. The summed E-state index contributed by atoms with van der Waals surface area (Å²) in [6, 6.07) is 6.07. The largest absolute Gasteiger partial charge is 0.436 e. The van der Waals surface area contributed by atoms with Crippen molar-refractivity contribution in [3.05, 3.63) is 30.0 Å². The minimum Gasteiger partial charge on any atom is -0.436 e. The van der Waals surface area contributed by atoms with E-state index in [-0.39, 0.29) is 5.41 Å². The van der Waals surface area contributed by atoms with E-state index < -0.39 is 0 Å². The van der Waals surface area contributed by atoms with Gasteiger partial charge in [0.05, 0.1) is 11.8 Å². The molecule has 3 aromatic rings. The summed E-state index contributed by atoms with van der Waals surface area (Å²) in [5.41, 5.74) is 9.36. The molecule has 3 N–H and O–H groups in total. The van der Waals surface area contributed by atoms with Crippen molar-refractivity contribution < 1.29 is 4.42 Å². The van der Waals surface area contributed by atoms with Crippen LogP contribution in [-0.4, -0.2) is 15.2 Å². The van der Waals surface area contributed by atoms with E-state index in [1.807, 2.05) is 6.07 Å². The summed E-state index contributed by atoms with van der Waals surface area (Å²) >= 11 is 0. The zero-order valence-corrected chi connectivity index (χ0v) is 11.2. The number of fused-ring (bicyclic) bond motifs is 1. The number of oxazole rings is 1. The third-order valence-corrected chi connectivity index (χ3v) is 3.15.